The third-order valence-electron chi connectivity index (χ3n) is 6.47. The normalized spacial score (nSPS) is 12.8. The van der Waals surface area contributed by atoms with E-state index in [1.807, 2.05) is 54.6 Å². The molecule has 0 radical (unpaired) electrons. The van der Waals surface area contributed by atoms with Crippen LogP contribution in [0.25, 0.3) is 11.1 Å². The van der Waals surface area contributed by atoms with Crippen LogP contribution in [0.4, 0.5) is 4.79 Å². The molecule has 2 N–H and O–H groups in total. The van der Waals surface area contributed by atoms with Crippen molar-refractivity contribution < 1.29 is 24.2 Å². The van der Waals surface area contributed by atoms with Gasteiger partial charge in [-0.1, -0.05) is 85.8 Å². The molecular weight excluding hydrogens is 456 g/mol. The highest BCUT2D eigenvalue weighted by Gasteiger charge is 2.29. The van der Waals surface area contributed by atoms with Gasteiger partial charge in [-0.25, -0.2) is 4.79 Å². The van der Waals surface area contributed by atoms with Gasteiger partial charge in [-0.15, -0.1) is 0 Å². The predicted octanol–water partition coefficient (Wildman–Crippen LogP) is 4.66. The minimum atomic E-state index is -1.07. The van der Waals surface area contributed by atoms with Crippen molar-refractivity contribution in [3.05, 3.63) is 95.6 Å². The Morgan fingerprint density at radius 1 is 0.917 bits per heavy atom. The van der Waals surface area contributed by atoms with E-state index in [9.17, 15) is 19.5 Å². The van der Waals surface area contributed by atoms with Gasteiger partial charge in [-0.05, 0) is 34.2 Å². The minimum Gasteiger partial charge on any atom is -0.480 e. The molecule has 0 aliphatic heterocycles. The van der Waals surface area contributed by atoms with Crippen LogP contribution >= 0.6 is 0 Å². The highest BCUT2D eigenvalue weighted by Crippen LogP contribution is 2.44. The second-order valence-corrected chi connectivity index (χ2v) is 9.02. The number of carboxylic acid groups (broad SMARTS) is 1. The van der Waals surface area contributed by atoms with Gasteiger partial charge in [0, 0.05) is 24.9 Å². The van der Waals surface area contributed by atoms with Gasteiger partial charge in [0.05, 0.1) is 0 Å². The summed E-state index contributed by atoms with van der Waals surface area (Å²) in [6.45, 7) is 2.04. The summed E-state index contributed by atoms with van der Waals surface area (Å²) in [5, 5.41) is 12.0. The molecule has 36 heavy (non-hydrogen) atoms. The maximum Gasteiger partial charge on any atom is 0.407 e. The molecule has 0 spiro atoms. The van der Waals surface area contributed by atoms with Crippen molar-refractivity contribution in [3.63, 3.8) is 0 Å². The number of nitrogens with zero attached hydrogens (tertiary/aromatic N) is 1. The molecule has 7 nitrogen and oxygen atoms in total. The summed E-state index contributed by atoms with van der Waals surface area (Å²) in [5.74, 6) is -1.81. The second kappa shape index (κ2) is 11.5. The predicted molar refractivity (Wildman–Crippen MR) is 136 cm³/mol. The number of hydrogen-bond acceptors (Lipinski definition) is 4. The minimum absolute atomic E-state index is 0.0220. The highest BCUT2D eigenvalue weighted by atomic mass is 16.5. The molecule has 3 aromatic carbocycles. The number of alkyl carbamates (subject to hydrolysis) is 1. The van der Waals surface area contributed by atoms with Crippen molar-refractivity contribution >= 4 is 18.0 Å². The van der Waals surface area contributed by atoms with E-state index in [1.54, 1.807) is 6.92 Å². The molecule has 0 heterocycles. The van der Waals surface area contributed by atoms with Crippen molar-refractivity contribution in [3.8, 4) is 11.1 Å². The average Bonchev–Trinajstić information content (AvgIpc) is 3.20. The number of aliphatic carboxylic acids is 1. The van der Waals surface area contributed by atoms with Crippen LogP contribution in [0.3, 0.4) is 0 Å². The summed E-state index contributed by atoms with van der Waals surface area (Å²) >= 11 is 0. The van der Waals surface area contributed by atoms with E-state index < -0.39 is 18.0 Å². The quantitative estimate of drug-likeness (QED) is 0.434. The van der Waals surface area contributed by atoms with Gasteiger partial charge in [0.25, 0.3) is 0 Å². The first-order valence-electron chi connectivity index (χ1n) is 12.1. The smallest absolute Gasteiger partial charge is 0.407 e. The Morgan fingerprint density at radius 2 is 1.50 bits per heavy atom. The third kappa shape index (κ3) is 5.92. The van der Waals surface area contributed by atoms with Gasteiger partial charge >= 0.3 is 12.1 Å². The Morgan fingerprint density at radius 3 is 2.11 bits per heavy atom. The van der Waals surface area contributed by atoms with E-state index in [2.05, 4.69) is 29.6 Å². The van der Waals surface area contributed by atoms with Gasteiger partial charge in [-0.3, -0.25) is 9.59 Å². The summed E-state index contributed by atoms with van der Waals surface area (Å²) in [5.41, 5.74) is 5.47. The number of nitrogens with one attached hydrogen (secondary N) is 1. The van der Waals surface area contributed by atoms with Gasteiger partial charge in [0.2, 0.25) is 5.91 Å². The zero-order valence-electron chi connectivity index (χ0n) is 20.2. The number of ether oxygens (including phenoxy) is 1. The molecule has 186 valence electrons. The van der Waals surface area contributed by atoms with E-state index in [1.165, 1.54) is 4.90 Å². The fourth-order valence-corrected chi connectivity index (χ4v) is 4.65. The molecule has 1 aliphatic rings. The maximum atomic E-state index is 12.9. The molecule has 0 fully saturated rings. The van der Waals surface area contributed by atoms with Crippen LogP contribution in [0.5, 0.6) is 0 Å². The molecule has 7 heteroatoms. The number of hydrogen-bond donors (Lipinski definition) is 2. The fourth-order valence-electron chi connectivity index (χ4n) is 4.65. The first kappa shape index (κ1) is 25.0. The van der Waals surface area contributed by atoms with E-state index in [4.69, 9.17) is 4.74 Å². The van der Waals surface area contributed by atoms with Crippen LogP contribution in [0.2, 0.25) is 0 Å². The Kier molecular flexibility index (Phi) is 8.00. The van der Waals surface area contributed by atoms with Crippen molar-refractivity contribution in [2.24, 2.45) is 5.92 Å². The topological polar surface area (TPSA) is 95.9 Å². The van der Waals surface area contributed by atoms with Crippen LogP contribution in [0, 0.1) is 5.92 Å². The standard InChI is InChI=1S/C29H30N2O5/c1-20(28(34)31(18-27(32)33)17-21-9-3-2-4-10-21)15-16-30-29(35)36-19-26-24-13-7-5-11-22(24)23-12-6-8-14-25(23)26/h2-14,20,26H,15-19H2,1H3,(H,30,35)(H,32,33). The number of rotatable bonds is 10. The summed E-state index contributed by atoms with van der Waals surface area (Å²) in [4.78, 5) is 37.9. The number of carbonyl (C=O) groups is 3. The lowest BCUT2D eigenvalue weighted by Gasteiger charge is -2.24. The van der Waals surface area contributed by atoms with Crippen LogP contribution in [0.1, 0.15) is 36.0 Å². The molecule has 1 atom stereocenters. The number of carboxylic acids is 1. The molecule has 0 saturated carbocycles. The highest BCUT2D eigenvalue weighted by molar-refractivity contribution is 5.83. The molecule has 1 unspecified atom stereocenters. The Labute approximate surface area is 210 Å². The molecule has 0 bridgehead atoms. The largest absolute Gasteiger partial charge is 0.480 e. The van der Waals surface area contributed by atoms with Gasteiger partial charge in [0.1, 0.15) is 13.2 Å². The lowest BCUT2D eigenvalue weighted by atomic mass is 9.98. The zero-order valence-corrected chi connectivity index (χ0v) is 20.2. The van der Waals surface area contributed by atoms with Crippen molar-refractivity contribution in [1.29, 1.82) is 0 Å². The number of amides is 2. The summed E-state index contributed by atoms with van der Waals surface area (Å²) in [6.07, 6.45) is -0.170. The van der Waals surface area contributed by atoms with Crippen molar-refractivity contribution in [2.45, 2.75) is 25.8 Å². The van der Waals surface area contributed by atoms with E-state index in [0.717, 1.165) is 27.8 Å². The number of carbonyl (C=O) groups excluding carboxylic acids is 2. The first-order valence-corrected chi connectivity index (χ1v) is 12.1. The Hall–Kier alpha value is -4.13. The lowest BCUT2D eigenvalue weighted by molar-refractivity contribution is -0.146. The Balaban J connectivity index is 1.27. The SMILES string of the molecule is CC(CCNC(=O)OCC1c2ccccc2-c2ccccc21)C(=O)N(CC(=O)O)Cc1ccccc1. The summed E-state index contributed by atoms with van der Waals surface area (Å²) in [7, 11) is 0. The molecule has 3 aromatic rings. The van der Waals surface area contributed by atoms with Crippen molar-refractivity contribution in [2.75, 3.05) is 19.7 Å². The third-order valence-corrected chi connectivity index (χ3v) is 6.47. The second-order valence-electron chi connectivity index (χ2n) is 9.02. The molecule has 1 aliphatic carbocycles. The van der Waals surface area contributed by atoms with Crippen molar-refractivity contribution in [1.82, 2.24) is 10.2 Å². The summed E-state index contributed by atoms with van der Waals surface area (Å²) < 4.78 is 5.54. The van der Waals surface area contributed by atoms with E-state index >= 15 is 0 Å². The number of benzene rings is 3. The van der Waals surface area contributed by atoms with Gasteiger partial charge < -0.3 is 20.1 Å². The monoisotopic (exact) mass is 486 g/mol. The molecular formula is C29H30N2O5. The molecule has 2 amide bonds. The van der Waals surface area contributed by atoms with E-state index in [-0.39, 0.29) is 38.1 Å². The molecule has 0 aromatic heterocycles. The average molecular weight is 487 g/mol. The zero-order chi connectivity index (χ0) is 25.5. The van der Waals surface area contributed by atoms with Gasteiger partial charge in [-0.2, -0.15) is 0 Å². The Bertz CT molecular complexity index is 1180. The van der Waals surface area contributed by atoms with Crippen LogP contribution < -0.4 is 5.32 Å². The lowest BCUT2D eigenvalue weighted by Crippen LogP contribution is -2.39. The molecule has 4 rings (SSSR count). The van der Waals surface area contributed by atoms with Gasteiger partial charge in [0.15, 0.2) is 0 Å². The maximum absolute atomic E-state index is 12.9. The van der Waals surface area contributed by atoms with Crippen LogP contribution in [-0.2, 0) is 20.9 Å². The number of fused-ring (bicyclic) bond motifs is 3. The fraction of sp³-hybridized carbons (Fsp3) is 0.276. The molecule has 0 saturated heterocycles. The van der Waals surface area contributed by atoms with Crippen LogP contribution in [-0.4, -0.2) is 47.7 Å². The summed E-state index contributed by atoms with van der Waals surface area (Å²) in [6, 6.07) is 25.5. The van der Waals surface area contributed by atoms with E-state index in [0.29, 0.717) is 6.42 Å². The van der Waals surface area contributed by atoms with Crippen LogP contribution in [0.15, 0.2) is 78.9 Å². The first-order chi connectivity index (χ1) is 17.4.